The first kappa shape index (κ1) is 20.8. The zero-order chi connectivity index (χ0) is 22.5. The lowest BCUT2D eigenvalue weighted by Crippen LogP contribution is -2.24. The second-order valence-corrected chi connectivity index (χ2v) is 7.06. The second kappa shape index (κ2) is 9.14. The summed E-state index contributed by atoms with van der Waals surface area (Å²) in [5.41, 5.74) is 8.87. The zero-order valence-electron chi connectivity index (χ0n) is 17.1. The standard InChI is InChI=1S/C23H20FN7O/c24-17-6-10-19(11-7-17)31-22(26)20(15-25)21(29-31)3-1-12-27-23(32)16-4-8-18(9-5-16)30-14-2-13-28-30/h2,4-11,13-14H,1,3,12,26H2,(H,27,32). The van der Waals surface area contributed by atoms with Gasteiger partial charge in [0.25, 0.3) is 5.91 Å². The molecule has 0 spiro atoms. The highest BCUT2D eigenvalue weighted by Crippen LogP contribution is 2.21. The number of nitrogens with zero attached hydrogens (tertiary/aromatic N) is 5. The molecule has 0 aliphatic heterocycles. The predicted molar refractivity (Wildman–Crippen MR) is 117 cm³/mol. The highest BCUT2D eigenvalue weighted by atomic mass is 19.1. The van der Waals surface area contributed by atoms with E-state index < -0.39 is 0 Å². The number of nitrogens with two attached hydrogens (primary N) is 1. The molecule has 0 saturated carbocycles. The van der Waals surface area contributed by atoms with Gasteiger partial charge in [0.05, 0.1) is 17.1 Å². The van der Waals surface area contributed by atoms with E-state index in [1.807, 2.05) is 24.4 Å². The van der Waals surface area contributed by atoms with Crippen LogP contribution in [0.2, 0.25) is 0 Å². The largest absolute Gasteiger partial charge is 0.382 e. The third-order valence-electron chi connectivity index (χ3n) is 4.95. The van der Waals surface area contributed by atoms with Crippen LogP contribution in [0.5, 0.6) is 0 Å². The fraction of sp³-hybridized carbons (Fsp3) is 0.130. The maximum Gasteiger partial charge on any atom is 0.251 e. The van der Waals surface area contributed by atoms with Gasteiger partial charge in [-0.2, -0.15) is 15.5 Å². The average molecular weight is 429 g/mol. The molecule has 32 heavy (non-hydrogen) atoms. The van der Waals surface area contributed by atoms with Crippen LogP contribution in [0.25, 0.3) is 11.4 Å². The normalized spacial score (nSPS) is 10.6. The number of nitrogens with one attached hydrogen (secondary N) is 1. The molecule has 160 valence electrons. The van der Waals surface area contributed by atoms with Crippen LogP contribution in [-0.2, 0) is 6.42 Å². The summed E-state index contributed by atoms with van der Waals surface area (Å²) < 4.78 is 16.3. The van der Waals surface area contributed by atoms with E-state index in [0.717, 1.165) is 5.69 Å². The summed E-state index contributed by atoms with van der Waals surface area (Å²) in [4.78, 5) is 12.4. The Kier molecular flexibility index (Phi) is 5.94. The summed E-state index contributed by atoms with van der Waals surface area (Å²) in [6.07, 6.45) is 4.55. The number of halogens is 1. The van der Waals surface area contributed by atoms with Gasteiger partial charge in [0.1, 0.15) is 23.3 Å². The predicted octanol–water partition coefficient (Wildman–Crippen LogP) is 3.01. The van der Waals surface area contributed by atoms with Gasteiger partial charge in [0.2, 0.25) is 0 Å². The number of benzene rings is 2. The molecule has 3 N–H and O–H groups in total. The Morgan fingerprint density at radius 2 is 1.84 bits per heavy atom. The van der Waals surface area contributed by atoms with Gasteiger partial charge in [0.15, 0.2) is 0 Å². The number of anilines is 1. The molecule has 2 heterocycles. The summed E-state index contributed by atoms with van der Waals surface area (Å²) in [5, 5.41) is 20.9. The first-order valence-corrected chi connectivity index (χ1v) is 9.98. The number of hydrogen-bond donors (Lipinski definition) is 2. The minimum atomic E-state index is -0.369. The Morgan fingerprint density at radius 1 is 1.12 bits per heavy atom. The van der Waals surface area contributed by atoms with Crippen molar-refractivity contribution in [3.8, 4) is 17.4 Å². The molecular weight excluding hydrogens is 409 g/mol. The first-order chi connectivity index (χ1) is 15.6. The van der Waals surface area contributed by atoms with E-state index in [1.54, 1.807) is 35.1 Å². The van der Waals surface area contributed by atoms with Crippen molar-refractivity contribution in [2.24, 2.45) is 0 Å². The molecule has 4 aromatic rings. The molecule has 0 bridgehead atoms. The molecule has 0 unspecified atom stereocenters. The SMILES string of the molecule is N#Cc1c(CCCNC(=O)c2ccc(-n3cccn3)cc2)nn(-c2ccc(F)cc2)c1N. The topological polar surface area (TPSA) is 115 Å². The van der Waals surface area contributed by atoms with Crippen molar-refractivity contribution in [3.05, 3.63) is 89.6 Å². The Bertz CT molecular complexity index is 1250. The van der Waals surface area contributed by atoms with Gasteiger partial charge in [-0.1, -0.05) is 0 Å². The number of rotatable bonds is 7. The van der Waals surface area contributed by atoms with Crippen molar-refractivity contribution in [3.63, 3.8) is 0 Å². The fourth-order valence-electron chi connectivity index (χ4n) is 3.30. The summed E-state index contributed by atoms with van der Waals surface area (Å²) in [5.74, 6) is -0.351. The minimum Gasteiger partial charge on any atom is -0.382 e. The van der Waals surface area contributed by atoms with Crippen LogP contribution in [-0.4, -0.2) is 32.0 Å². The van der Waals surface area contributed by atoms with Crippen molar-refractivity contribution < 1.29 is 9.18 Å². The van der Waals surface area contributed by atoms with Gasteiger partial charge in [0, 0.05) is 24.5 Å². The summed E-state index contributed by atoms with van der Waals surface area (Å²) >= 11 is 0. The monoisotopic (exact) mass is 429 g/mol. The van der Waals surface area contributed by atoms with Gasteiger partial charge in [-0.25, -0.2) is 13.8 Å². The number of carbonyl (C=O) groups excluding carboxylic acids is 1. The highest BCUT2D eigenvalue weighted by Gasteiger charge is 2.16. The second-order valence-electron chi connectivity index (χ2n) is 7.06. The van der Waals surface area contributed by atoms with Crippen LogP contribution in [0.3, 0.4) is 0 Å². The van der Waals surface area contributed by atoms with Crippen molar-refractivity contribution in [1.29, 1.82) is 5.26 Å². The van der Waals surface area contributed by atoms with Crippen LogP contribution in [0.1, 0.15) is 28.0 Å². The molecule has 0 radical (unpaired) electrons. The lowest BCUT2D eigenvalue weighted by atomic mass is 10.1. The zero-order valence-corrected chi connectivity index (χ0v) is 17.1. The van der Waals surface area contributed by atoms with E-state index in [-0.39, 0.29) is 23.1 Å². The fourth-order valence-corrected chi connectivity index (χ4v) is 3.30. The number of amides is 1. The molecular formula is C23H20FN7O. The van der Waals surface area contributed by atoms with Gasteiger partial charge < -0.3 is 11.1 Å². The molecule has 4 rings (SSSR count). The molecule has 9 heteroatoms. The van der Waals surface area contributed by atoms with Crippen molar-refractivity contribution >= 4 is 11.7 Å². The first-order valence-electron chi connectivity index (χ1n) is 9.98. The van der Waals surface area contributed by atoms with Gasteiger partial charge in [-0.15, -0.1) is 0 Å². The Labute approximate surface area is 183 Å². The summed E-state index contributed by atoms with van der Waals surface area (Å²) in [6.45, 7) is 0.411. The number of hydrogen-bond acceptors (Lipinski definition) is 5. The van der Waals surface area contributed by atoms with E-state index >= 15 is 0 Å². The maximum absolute atomic E-state index is 13.2. The number of aromatic nitrogens is 4. The van der Waals surface area contributed by atoms with Crippen LogP contribution >= 0.6 is 0 Å². The van der Waals surface area contributed by atoms with E-state index in [1.165, 1.54) is 16.8 Å². The Balaban J connectivity index is 1.35. The van der Waals surface area contributed by atoms with E-state index in [2.05, 4.69) is 21.6 Å². The minimum absolute atomic E-state index is 0.186. The van der Waals surface area contributed by atoms with Crippen molar-refractivity contribution in [2.75, 3.05) is 12.3 Å². The Hall–Kier alpha value is -4.45. The summed E-state index contributed by atoms with van der Waals surface area (Å²) in [7, 11) is 0. The number of nitrogen functional groups attached to an aromatic ring is 1. The molecule has 0 atom stereocenters. The third-order valence-corrected chi connectivity index (χ3v) is 4.95. The third kappa shape index (κ3) is 4.34. The maximum atomic E-state index is 13.2. The van der Waals surface area contributed by atoms with Crippen LogP contribution in [0.4, 0.5) is 10.2 Å². The number of aryl methyl sites for hydroxylation is 1. The molecule has 2 aromatic carbocycles. The lowest BCUT2D eigenvalue weighted by molar-refractivity contribution is 0.0953. The van der Waals surface area contributed by atoms with E-state index in [9.17, 15) is 14.4 Å². The van der Waals surface area contributed by atoms with Crippen LogP contribution in [0, 0.1) is 17.1 Å². The highest BCUT2D eigenvalue weighted by molar-refractivity contribution is 5.94. The Morgan fingerprint density at radius 3 is 2.50 bits per heavy atom. The number of nitriles is 1. The van der Waals surface area contributed by atoms with E-state index in [4.69, 9.17) is 5.73 Å². The molecule has 1 amide bonds. The van der Waals surface area contributed by atoms with Crippen LogP contribution in [0.15, 0.2) is 67.0 Å². The van der Waals surface area contributed by atoms with Crippen LogP contribution < -0.4 is 11.1 Å². The average Bonchev–Trinajstić information content (AvgIpc) is 3.45. The van der Waals surface area contributed by atoms with Gasteiger partial charge >= 0.3 is 0 Å². The van der Waals surface area contributed by atoms with Gasteiger partial charge in [-0.05, 0) is 67.4 Å². The quantitative estimate of drug-likeness (QED) is 0.438. The molecule has 2 aromatic heterocycles. The molecule has 8 nitrogen and oxygen atoms in total. The lowest BCUT2D eigenvalue weighted by Gasteiger charge is -2.06. The molecule has 0 fully saturated rings. The molecule has 0 aliphatic carbocycles. The summed E-state index contributed by atoms with van der Waals surface area (Å²) in [6, 6.07) is 16.7. The van der Waals surface area contributed by atoms with Gasteiger partial charge in [-0.3, -0.25) is 4.79 Å². The van der Waals surface area contributed by atoms with Crippen molar-refractivity contribution in [2.45, 2.75) is 12.8 Å². The number of carbonyl (C=O) groups is 1. The molecule has 0 aliphatic rings. The molecule has 0 saturated heterocycles. The smallest absolute Gasteiger partial charge is 0.251 e. The van der Waals surface area contributed by atoms with Crippen molar-refractivity contribution in [1.82, 2.24) is 24.9 Å². The van der Waals surface area contributed by atoms with E-state index in [0.29, 0.717) is 36.3 Å².